The zero-order chi connectivity index (χ0) is 12.5. The molecule has 3 nitrogen and oxygen atoms in total. The third kappa shape index (κ3) is 1.88. The molecule has 0 spiro atoms. The molecule has 1 saturated carbocycles. The van der Waals surface area contributed by atoms with Crippen molar-refractivity contribution in [3.05, 3.63) is 0 Å². The van der Waals surface area contributed by atoms with Crippen LogP contribution in [0.25, 0.3) is 0 Å². The lowest BCUT2D eigenvalue weighted by atomic mass is 9.82. The standard InChI is InChI=1S/C13H18F2N2O.ClH/c14-13(15)4-7(13)3-12(18)17-10-1-2-11(17)9-6-16-5-8(9)10;/h7-11,16H,1-6H2;1H/t7?,8-,9+,10-,11+;. The Kier molecular flexibility index (Phi) is 3.06. The molecule has 3 saturated heterocycles. The van der Waals surface area contributed by atoms with Gasteiger partial charge in [-0.2, -0.15) is 0 Å². The molecule has 5 atom stereocenters. The van der Waals surface area contributed by atoms with Gasteiger partial charge in [0.25, 0.3) is 5.92 Å². The second kappa shape index (κ2) is 4.29. The maximum Gasteiger partial charge on any atom is 0.252 e. The van der Waals surface area contributed by atoms with E-state index < -0.39 is 11.8 Å². The second-order valence-electron chi connectivity index (χ2n) is 6.37. The van der Waals surface area contributed by atoms with E-state index in [1.807, 2.05) is 4.90 Å². The van der Waals surface area contributed by atoms with Gasteiger partial charge >= 0.3 is 0 Å². The first-order chi connectivity index (χ1) is 8.58. The topological polar surface area (TPSA) is 32.3 Å². The van der Waals surface area contributed by atoms with Crippen LogP contribution in [-0.2, 0) is 4.79 Å². The largest absolute Gasteiger partial charge is 0.336 e. The monoisotopic (exact) mass is 292 g/mol. The Labute approximate surface area is 117 Å². The van der Waals surface area contributed by atoms with Crippen LogP contribution < -0.4 is 5.32 Å². The summed E-state index contributed by atoms with van der Waals surface area (Å²) in [5.41, 5.74) is 0. The fourth-order valence-corrected chi connectivity index (χ4v) is 4.45. The number of hydrogen-bond donors (Lipinski definition) is 1. The molecule has 1 unspecified atom stereocenters. The molecule has 108 valence electrons. The zero-order valence-electron chi connectivity index (χ0n) is 10.6. The Morgan fingerprint density at radius 1 is 1.21 bits per heavy atom. The molecular formula is C13H19ClF2N2O. The Balaban J connectivity index is 0.00000110. The first kappa shape index (κ1) is 13.6. The Hall–Kier alpha value is -0.420. The maximum atomic E-state index is 12.9. The first-order valence-electron chi connectivity index (χ1n) is 6.97. The fourth-order valence-electron chi connectivity index (χ4n) is 4.45. The molecule has 0 aromatic rings. The van der Waals surface area contributed by atoms with Gasteiger partial charge in [-0.05, 0) is 24.7 Å². The van der Waals surface area contributed by atoms with E-state index in [0.717, 1.165) is 25.9 Å². The summed E-state index contributed by atoms with van der Waals surface area (Å²) >= 11 is 0. The van der Waals surface area contributed by atoms with Crippen molar-refractivity contribution in [3.8, 4) is 0 Å². The van der Waals surface area contributed by atoms with Crippen molar-refractivity contribution in [2.24, 2.45) is 17.8 Å². The SMILES string of the molecule is Cl.O=C(CC1CC1(F)F)N1[C@@H]2CC[C@H]1[C@H]1CNC[C@H]12. The van der Waals surface area contributed by atoms with Crippen LogP contribution in [0.15, 0.2) is 0 Å². The molecule has 19 heavy (non-hydrogen) atoms. The summed E-state index contributed by atoms with van der Waals surface area (Å²) in [6.45, 7) is 1.99. The number of nitrogens with zero attached hydrogens (tertiary/aromatic N) is 1. The molecule has 0 radical (unpaired) electrons. The molecule has 4 aliphatic rings. The number of fused-ring (bicyclic) bond motifs is 5. The Morgan fingerprint density at radius 2 is 1.74 bits per heavy atom. The highest BCUT2D eigenvalue weighted by atomic mass is 35.5. The van der Waals surface area contributed by atoms with Crippen LogP contribution in [0.4, 0.5) is 8.78 Å². The molecule has 1 N–H and O–H groups in total. The van der Waals surface area contributed by atoms with Crippen LogP contribution in [-0.4, -0.2) is 41.9 Å². The van der Waals surface area contributed by atoms with Gasteiger partial charge in [-0.15, -0.1) is 12.4 Å². The summed E-state index contributed by atoms with van der Waals surface area (Å²) in [5.74, 6) is -2.10. The summed E-state index contributed by atoms with van der Waals surface area (Å²) in [4.78, 5) is 14.2. The third-order valence-corrected chi connectivity index (χ3v) is 5.44. The van der Waals surface area contributed by atoms with Gasteiger partial charge in [0, 0.05) is 43.9 Å². The molecule has 3 aliphatic heterocycles. The lowest BCUT2D eigenvalue weighted by Crippen LogP contribution is -2.39. The molecular weight excluding hydrogens is 274 g/mol. The van der Waals surface area contributed by atoms with Gasteiger partial charge in [-0.1, -0.05) is 0 Å². The number of carbonyl (C=O) groups excluding carboxylic acids is 1. The summed E-state index contributed by atoms with van der Waals surface area (Å²) in [6.07, 6.45) is 2.11. The molecule has 6 heteroatoms. The number of amides is 1. The van der Waals surface area contributed by atoms with E-state index in [9.17, 15) is 13.6 Å². The van der Waals surface area contributed by atoms with Crippen LogP contribution >= 0.6 is 12.4 Å². The third-order valence-electron chi connectivity index (χ3n) is 5.44. The van der Waals surface area contributed by atoms with E-state index in [0.29, 0.717) is 23.9 Å². The average Bonchev–Trinajstić information content (AvgIpc) is 2.83. The summed E-state index contributed by atoms with van der Waals surface area (Å²) < 4.78 is 25.8. The van der Waals surface area contributed by atoms with E-state index in [4.69, 9.17) is 0 Å². The average molecular weight is 293 g/mol. The van der Waals surface area contributed by atoms with E-state index in [-0.39, 0.29) is 31.2 Å². The highest BCUT2D eigenvalue weighted by Crippen LogP contribution is 2.53. The number of nitrogens with one attached hydrogen (secondary N) is 1. The van der Waals surface area contributed by atoms with Crippen molar-refractivity contribution in [3.63, 3.8) is 0 Å². The predicted molar refractivity (Wildman–Crippen MR) is 68.4 cm³/mol. The van der Waals surface area contributed by atoms with Crippen molar-refractivity contribution in [2.45, 2.75) is 43.7 Å². The molecule has 4 fully saturated rings. The van der Waals surface area contributed by atoms with Gasteiger partial charge in [-0.3, -0.25) is 4.79 Å². The lowest BCUT2D eigenvalue weighted by molar-refractivity contribution is -0.133. The van der Waals surface area contributed by atoms with Crippen LogP contribution in [0.1, 0.15) is 25.7 Å². The van der Waals surface area contributed by atoms with E-state index in [2.05, 4.69) is 5.32 Å². The molecule has 0 aromatic heterocycles. The first-order valence-corrected chi connectivity index (χ1v) is 6.97. The minimum Gasteiger partial charge on any atom is -0.336 e. The lowest BCUT2D eigenvalue weighted by Gasteiger charge is -2.24. The van der Waals surface area contributed by atoms with Crippen LogP contribution in [0.2, 0.25) is 0 Å². The Bertz CT molecular complexity index is 388. The highest BCUT2D eigenvalue weighted by Gasteiger charge is 2.60. The maximum absolute atomic E-state index is 12.9. The normalized spacial score (nSPS) is 44.9. The van der Waals surface area contributed by atoms with Gasteiger partial charge in [0.1, 0.15) is 0 Å². The summed E-state index contributed by atoms with van der Waals surface area (Å²) in [6, 6.07) is 0.657. The molecule has 4 rings (SSSR count). The summed E-state index contributed by atoms with van der Waals surface area (Å²) in [5, 5.41) is 3.39. The number of alkyl halides is 2. The number of hydrogen-bond acceptors (Lipinski definition) is 2. The van der Waals surface area contributed by atoms with Gasteiger partial charge in [0.2, 0.25) is 5.91 Å². The van der Waals surface area contributed by atoms with Crippen molar-refractivity contribution in [1.29, 1.82) is 0 Å². The second-order valence-corrected chi connectivity index (χ2v) is 6.37. The van der Waals surface area contributed by atoms with Crippen LogP contribution in [0.3, 0.4) is 0 Å². The number of carbonyl (C=O) groups is 1. The number of rotatable bonds is 2. The molecule has 1 amide bonds. The molecule has 2 bridgehead atoms. The number of halogens is 3. The predicted octanol–water partition coefficient (Wildman–Crippen LogP) is 1.66. The molecule has 1 aliphatic carbocycles. The van der Waals surface area contributed by atoms with Crippen molar-refractivity contribution < 1.29 is 13.6 Å². The van der Waals surface area contributed by atoms with E-state index in [1.165, 1.54) is 0 Å². The quantitative estimate of drug-likeness (QED) is 0.839. The smallest absolute Gasteiger partial charge is 0.252 e. The zero-order valence-corrected chi connectivity index (χ0v) is 11.5. The van der Waals surface area contributed by atoms with Gasteiger partial charge < -0.3 is 10.2 Å². The molecule has 3 heterocycles. The Morgan fingerprint density at radius 3 is 2.21 bits per heavy atom. The fraction of sp³-hybridized carbons (Fsp3) is 0.923. The molecule has 0 aromatic carbocycles. The summed E-state index contributed by atoms with van der Waals surface area (Å²) in [7, 11) is 0. The minimum absolute atomic E-state index is 0. The highest BCUT2D eigenvalue weighted by molar-refractivity contribution is 5.85. The van der Waals surface area contributed by atoms with Gasteiger partial charge in [0.05, 0.1) is 0 Å². The van der Waals surface area contributed by atoms with Gasteiger partial charge in [-0.25, -0.2) is 8.78 Å². The van der Waals surface area contributed by atoms with E-state index in [1.54, 1.807) is 0 Å². The van der Waals surface area contributed by atoms with Crippen molar-refractivity contribution in [2.75, 3.05) is 13.1 Å². The van der Waals surface area contributed by atoms with Crippen LogP contribution in [0, 0.1) is 17.8 Å². The van der Waals surface area contributed by atoms with E-state index >= 15 is 0 Å². The van der Waals surface area contributed by atoms with Crippen LogP contribution in [0.5, 0.6) is 0 Å². The minimum atomic E-state index is -2.56. The van der Waals surface area contributed by atoms with Crippen molar-refractivity contribution in [1.82, 2.24) is 10.2 Å². The van der Waals surface area contributed by atoms with Crippen molar-refractivity contribution >= 4 is 18.3 Å². The van der Waals surface area contributed by atoms with Gasteiger partial charge in [0.15, 0.2) is 0 Å².